The van der Waals surface area contributed by atoms with Crippen LogP contribution in [0, 0.1) is 0 Å². The molecule has 0 aromatic heterocycles. The first kappa shape index (κ1) is 12.4. The number of hydrogen-bond acceptors (Lipinski definition) is 3. The summed E-state index contributed by atoms with van der Waals surface area (Å²) in [6.07, 6.45) is 3.37. The van der Waals surface area contributed by atoms with Crippen LogP contribution < -0.4 is 5.73 Å². The lowest BCUT2D eigenvalue weighted by atomic mass is 10.2. The monoisotopic (exact) mass is 188 g/mol. The number of carboxylic acid groups (broad SMARTS) is 1. The maximum absolute atomic E-state index is 10.4. The molecular formula is C9H20N2O2. The van der Waals surface area contributed by atoms with Gasteiger partial charge < -0.3 is 10.8 Å². The van der Waals surface area contributed by atoms with E-state index in [-0.39, 0.29) is 6.54 Å². The van der Waals surface area contributed by atoms with Crippen LogP contribution in [0.5, 0.6) is 0 Å². The van der Waals surface area contributed by atoms with Gasteiger partial charge >= 0.3 is 5.97 Å². The average molecular weight is 188 g/mol. The van der Waals surface area contributed by atoms with Crippen molar-refractivity contribution in [3.63, 3.8) is 0 Å². The number of carbonyl (C=O) groups is 1. The maximum Gasteiger partial charge on any atom is 0.317 e. The Kier molecular flexibility index (Phi) is 7.63. The Bertz CT molecular complexity index is 140. The molecule has 3 N–H and O–H groups in total. The smallest absolute Gasteiger partial charge is 0.317 e. The fraction of sp³-hybridized carbons (Fsp3) is 0.889. The molecule has 0 atom stereocenters. The Labute approximate surface area is 79.7 Å². The maximum atomic E-state index is 10.4. The molecule has 0 bridgehead atoms. The highest BCUT2D eigenvalue weighted by Crippen LogP contribution is 1.97. The third kappa shape index (κ3) is 7.74. The van der Waals surface area contributed by atoms with E-state index >= 15 is 0 Å². The van der Waals surface area contributed by atoms with Gasteiger partial charge in [0, 0.05) is 13.1 Å². The molecule has 0 aliphatic heterocycles. The van der Waals surface area contributed by atoms with Crippen LogP contribution in [0.15, 0.2) is 0 Å². The van der Waals surface area contributed by atoms with E-state index in [1.165, 1.54) is 0 Å². The van der Waals surface area contributed by atoms with Crippen molar-refractivity contribution in [1.82, 2.24) is 4.90 Å². The molecule has 0 heterocycles. The van der Waals surface area contributed by atoms with Crippen LogP contribution in [-0.2, 0) is 4.79 Å². The van der Waals surface area contributed by atoms with Crippen LogP contribution in [0.4, 0.5) is 0 Å². The van der Waals surface area contributed by atoms with E-state index in [1.807, 2.05) is 4.90 Å². The van der Waals surface area contributed by atoms with E-state index in [0.29, 0.717) is 13.1 Å². The molecule has 0 aromatic rings. The summed E-state index contributed by atoms with van der Waals surface area (Å²) >= 11 is 0. The van der Waals surface area contributed by atoms with Gasteiger partial charge in [-0.25, -0.2) is 0 Å². The molecule has 0 aliphatic rings. The quantitative estimate of drug-likeness (QED) is 0.545. The highest BCUT2D eigenvalue weighted by Gasteiger charge is 2.07. The highest BCUT2D eigenvalue weighted by molar-refractivity contribution is 5.69. The van der Waals surface area contributed by atoms with Gasteiger partial charge in [0.2, 0.25) is 0 Å². The molecule has 0 aliphatic carbocycles. The molecule has 0 spiro atoms. The van der Waals surface area contributed by atoms with Crippen LogP contribution in [0.3, 0.4) is 0 Å². The Morgan fingerprint density at radius 1 is 1.38 bits per heavy atom. The number of carboxylic acids is 1. The lowest BCUT2D eigenvalue weighted by molar-refractivity contribution is -0.138. The summed E-state index contributed by atoms with van der Waals surface area (Å²) in [5.74, 6) is -0.773. The van der Waals surface area contributed by atoms with Gasteiger partial charge in [-0.3, -0.25) is 9.69 Å². The number of nitrogens with zero attached hydrogens (tertiary/aromatic N) is 1. The van der Waals surface area contributed by atoms with Gasteiger partial charge in [0.25, 0.3) is 0 Å². The average Bonchev–Trinajstić information content (AvgIpc) is 2.04. The van der Waals surface area contributed by atoms with Gasteiger partial charge in [0.1, 0.15) is 0 Å². The van der Waals surface area contributed by atoms with Crippen molar-refractivity contribution in [2.45, 2.75) is 26.2 Å². The van der Waals surface area contributed by atoms with E-state index in [4.69, 9.17) is 10.8 Å². The molecule has 0 fully saturated rings. The van der Waals surface area contributed by atoms with Crippen molar-refractivity contribution < 1.29 is 9.90 Å². The first-order chi connectivity index (χ1) is 6.20. The van der Waals surface area contributed by atoms with Crippen molar-refractivity contribution in [2.75, 3.05) is 26.2 Å². The van der Waals surface area contributed by atoms with E-state index in [1.54, 1.807) is 0 Å². The summed E-state index contributed by atoms with van der Waals surface area (Å²) in [6, 6.07) is 0. The molecule has 78 valence electrons. The molecule has 0 rings (SSSR count). The van der Waals surface area contributed by atoms with E-state index in [2.05, 4.69) is 6.92 Å². The lowest BCUT2D eigenvalue weighted by Gasteiger charge is -2.18. The second-order valence-corrected chi connectivity index (χ2v) is 3.17. The zero-order valence-corrected chi connectivity index (χ0v) is 8.33. The first-order valence-corrected chi connectivity index (χ1v) is 4.85. The molecule has 4 heteroatoms. The molecule has 0 aromatic carbocycles. The van der Waals surface area contributed by atoms with Gasteiger partial charge in [-0.15, -0.1) is 0 Å². The SMILES string of the molecule is CCCCCN(CCN)CC(=O)O. The molecule has 0 saturated heterocycles. The zero-order valence-electron chi connectivity index (χ0n) is 8.33. The first-order valence-electron chi connectivity index (χ1n) is 4.85. The standard InChI is InChI=1S/C9H20N2O2/c1-2-3-4-6-11(7-5-10)8-9(12)13/h2-8,10H2,1H3,(H,12,13). The minimum Gasteiger partial charge on any atom is -0.480 e. The van der Waals surface area contributed by atoms with Gasteiger partial charge in [0.15, 0.2) is 0 Å². The van der Waals surface area contributed by atoms with Crippen molar-refractivity contribution in [3.05, 3.63) is 0 Å². The number of nitrogens with two attached hydrogens (primary N) is 1. The van der Waals surface area contributed by atoms with Crippen molar-refractivity contribution in [2.24, 2.45) is 5.73 Å². The van der Waals surface area contributed by atoms with Gasteiger partial charge in [0.05, 0.1) is 6.54 Å². The second-order valence-electron chi connectivity index (χ2n) is 3.17. The Hall–Kier alpha value is -0.610. The fourth-order valence-corrected chi connectivity index (χ4v) is 1.23. The molecule has 0 amide bonds. The minimum absolute atomic E-state index is 0.112. The molecule has 0 radical (unpaired) electrons. The molecule has 0 saturated carbocycles. The highest BCUT2D eigenvalue weighted by atomic mass is 16.4. The Balaban J connectivity index is 3.59. The zero-order chi connectivity index (χ0) is 10.1. The van der Waals surface area contributed by atoms with E-state index in [0.717, 1.165) is 25.8 Å². The summed E-state index contributed by atoms with van der Waals surface area (Å²) in [4.78, 5) is 12.3. The van der Waals surface area contributed by atoms with Crippen molar-refractivity contribution in [3.8, 4) is 0 Å². The number of unbranched alkanes of at least 4 members (excludes halogenated alkanes) is 2. The van der Waals surface area contributed by atoms with Gasteiger partial charge in [-0.2, -0.15) is 0 Å². The second kappa shape index (κ2) is 8.01. The summed E-state index contributed by atoms with van der Waals surface area (Å²) in [5, 5.41) is 8.58. The summed E-state index contributed by atoms with van der Waals surface area (Å²) in [7, 11) is 0. The lowest BCUT2D eigenvalue weighted by Crippen LogP contribution is -2.34. The van der Waals surface area contributed by atoms with Crippen LogP contribution in [-0.4, -0.2) is 42.2 Å². The Morgan fingerprint density at radius 2 is 2.08 bits per heavy atom. The normalized spacial score (nSPS) is 10.7. The van der Waals surface area contributed by atoms with Crippen LogP contribution in [0.1, 0.15) is 26.2 Å². The molecule has 4 nitrogen and oxygen atoms in total. The fourth-order valence-electron chi connectivity index (χ4n) is 1.23. The third-order valence-corrected chi connectivity index (χ3v) is 1.88. The van der Waals surface area contributed by atoms with Crippen LogP contribution >= 0.6 is 0 Å². The molecular weight excluding hydrogens is 168 g/mol. The van der Waals surface area contributed by atoms with Gasteiger partial charge in [-0.1, -0.05) is 19.8 Å². The summed E-state index contributed by atoms with van der Waals surface area (Å²) in [5.41, 5.74) is 5.37. The van der Waals surface area contributed by atoms with Gasteiger partial charge in [-0.05, 0) is 13.0 Å². The topological polar surface area (TPSA) is 66.6 Å². The van der Waals surface area contributed by atoms with Crippen LogP contribution in [0.2, 0.25) is 0 Å². The predicted octanol–water partition coefficient (Wildman–Crippen LogP) is 0.522. The van der Waals surface area contributed by atoms with Crippen LogP contribution in [0.25, 0.3) is 0 Å². The predicted molar refractivity (Wildman–Crippen MR) is 52.7 cm³/mol. The molecule has 13 heavy (non-hydrogen) atoms. The van der Waals surface area contributed by atoms with Crippen molar-refractivity contribution >= 4 is 5.97 Å². The number of aliphatic carboxylic acids is 1. The molecule has 0 unspecified atom stereocenters. The number of hydrogen-bond donors (Lipinski definition) is 2. The largest absolute Gasteiger partial charge is 0.480 e. The van der Waals surface area contributed by atoms with Crippen molar-refractivity contribution in [1.29, 1.82) is 0 Å². The minimum atomic E-state index is -0.773. The number of rotatable bonds is 8. The summed E-state index contributed by atoms with van der Waals surface area (Å²) < 4.78 is 0. The summed E-state index contributed by atoms with van der Waals surface area (Å²) in [6.45, 7) is 4.29. The van der Waals surface area contributed by atoms with E-state index < -0.39 is 5.97 Å². The van der Waals surface area contributed by atoms with E-state index in [9.17, 15) is 4.79 Å². The Morgan fingerprint density at radius 3 is 2.54 bits per heavy atom. The third-order valence-electron chi connectivity index (χ3n) is 1.88.